The average Bonchev–Trinajstić information content (AvgIpc) is 3.84. The van der Waals surface area contributed by atoms with Crippen molar-refractivity contribution in [1.82, 2.24) is 4.98 Å². The number of rotatable bonds is 6. The molecule has 0 radical (unpaired) electrons. The molecule has 0 unspecified atom stereocenters. The predicted octanol–water partition coefficient (Wildman–Crippen LogP) is 12.2. The number of hydrogen-bond acceptors (Lipinski definition) is 4. The molecular weight excluding hydrogens is 576 g/mol. The van der Waals surface area contributed by atoms with E-state index in [1.54, 1.807) is 11.0 Å². The van der Waals surface area contributed by atoms with Crippen LogP contribution in [0.15, 0.2) is 178 Å². The molecule has 0 aliphatic rings. The molecule has 47 heavy (non-hydrogen) atoms. The summed E-state index contributed by atoms with van der Waals surface area (Å²) >= 11 is 0. The van der Waals surface area contributed by atoms with Crippen molar-refractivity contribution in [2.24, 2.45) is 0 Å². The second-order valence-corrected chi connectivity index (χ2v) is 10.9. The van der Waals surface area contributed by atoms with Crippen molar-refractivity contribution in [1.29, 1.82) is 0 Å². The zero-order chi connectivity index (χ0) is 39.0. The third kappa shape index (κ3) is 4.84. The Morgan fingerprint density at radius 3 is 2.06 bits per heavy atom. The van der Waals surface area contributed by atoms with Crippen LogP contribution in [0.3, 0.4) is 0 Å². The zero-order valence-electron chi connectivity index (χ0n) is 33.7. The molecular formula is C43H28N2O2. The maximum absolute atomic E-state index is 9.70. The Morgan fingerprint density at radius 2 is 1.23 bits per heavy atom. The number of para-hydroxylation sites is 3. The van der Waals surface area contributed by atoms with E-state index >= 15 is 0 Å². The average molecular weight is 614 g/mol. The smallest absolute Gasteiger partial charge is 0.227 e. The van der Waals surface area contributed by atoms with Crippen molar-refractivity contribution >= 4 is 50.1 Å². The summed E-state index contributed by atoms with van der Waals surface area (Å²) in [5.74, 6) is 0.304. The van der Waals surface area contributed by atoms with Crippen LogP contribution in [0.2, 0.25) is 0 Å². The molecule has 222 valence electrons. The summed E-state index contributed by atoms with van der Waals surface area (Å²) in [7, 11) is 0. The van der Waals surface area contributed by atoms with Gasteiger partial charge in [0, 0.05) is 27.7 Å². The third-order valence-corrected chi connectivity index (χ3v) is 8.06. The van der Waals surface area contributed by atoms with E-state index in [4.69, 9.17) is 23.4 Å². The molecule has 9 aromatic rings. The second-order valence-electron chi connectivity index (χ2n) is 10.9. The van der Waals surface area contributed by atoms with Gasteiger partial charge in [-0.05, 0) is 76.8 Å². The first kappa shape index (κ1) is 19.2. The second kappa shape index (κ2) is 11.2. The largest absolute Gasteiger partial charge is 0.454 e. The summed E-state index contributed by atoms with van der Waals surface area (Å²) in [6, 6.07) is 30.3. The van der Waals surface area contributed by atoms with Gasteiger partial charge in [0.2, 0.25) is 5.89 Å². The van der Waals surface area contributed by atoms with Crippen molar-refractivity contribution in [3.05, 3.63) is 170 Å². The molecule has 0 fully saturated rings. The molecule has 9 rings (SSSR count). The van der Waals surface area contributed by atoms with Crippen LogP contribution < -0.4 is 4.90 Å². The number of benzene rings is 7. The molecule has 0 N–H and O–H groups in total. The van der Waals surface area contributed by atoms with Crippen LogP contribution in [0.25, 0.3) is 66.7 Å². The normalized spacial score (nSPS) is 14.1. The van der Waals surface area contributed by atoms with Crippen molar-refractivity contribution in [3.63, 3.8) is 0 Å². The lowest BCUT2D eigenvalue weighted by molar-refractivity contribution is 0.620. The fourth-order valence-corrected chi connectivity index (χ4v) is 5.86. The van der Waals surface area contributed by atoms with Crippen LogP contribution >= 0.6 is 0 Å². The first-order valence-corrected chi connectivity index (χ1v) is 15.0. The van der Waals surface area contributed by atoms with Crippen LogP contribution in [0.1, 0.15) is 12.3 Å². The number of furan rings is 1. The number of aromatic nitrogens is 1. The van der Waals surface area contributed by atoms with Gasteiger partial charge in [0.15, 0.2) is 11.2 Å². The topological polar surface area (TPSA) is 42.4 Å². The van der Waals surface area contributed by atoms with Crippen molar-refractivity contribution < 1.29 is 21.2 Å². The molecule has 0 bridgehead atoms. The molecule has 4 nitrogen and oxygen atoms in total. The fraction of sp³-hybridized carbons (Fsp3) is 0. The van der Waals surface area contributed by atoms with Gasteiger partial charge in [0.05, 0.1) is 18.0 Å². The SMILES string of the molecule is [2H]c1c([2H])c([2H])c(-c2c([2H])c([2H])c([2H])c(N(c3ccc(-c4ccccc4)cc3)c3cc(-c4nc5ccccc5o4)cc4c3oc3ccccc34)c2[2H])c([2H])c1[2H]. The first-order chi connectivity index (χ1) is 27.0. The van der Waals surface area contributed by atoms with Crippen molar-refractivity contribution in [2.75, 3.05) is 4.90 Å². The standard InChI is InChI=1S/C43H28N2O2/c1-3-12-29(13-4-1)31-22-24-34(25-23-31)45(35-17-11-16-32(26-35)30-14-5-2-6-15-30)39-28-33(43-44-38-19-8-10-21-41(38)47-43)27-37-36-18-7-9-20-40(36)46-42(37)39/h1-28H/i2D,5D,6D,11D,14D,15D,16D,17D,26D. The monoisotopic (exact) mass is 613 g/mol. The van der Waals surface area contributed by atoms with E-state index in [-0.39, 0.29) is 11.3 Å². The molecule has 0 aliphatic heterocycles. The number of hydrogen-bond donors (Lipinski definition) is 0. The quantitative estimate of drug-likeness (QED) is 0.187. The van der Waals surface area contributed by atoms with Gasteiger partial charge in [-0.15, -0.1) is 0 Å². The Morgan fingerprint density at radius 1 is 0.511 bits per heavy atom. The van der Waals surface area contributed by atoms with Crippen LogP contribution in [0.4, 0.5) is 17.1 Å². The maximum Gasteiger partial charge on any atom is 0.227 e. The van der Waals surface area contributed by atoms with Gasteiger partial charge >= 0.3 is 0 Å². The Bertz CT molecular complexity index is 2970. The fourth-order valence-electron chi connectivity index (χ4n) is 5.86. The van der Waals surface area contributed by atoms with Gasteiger partial charge in [-0.3, -0.25) is 0 Å². The number of anilines is 3. The summed E-state index contributed by atoms with van der Waals surface area (Å²) in [6.45, 7) is 0. The molecule has 2 heterocycles. The molecule has 2 aromatic heterocycles. The third-order valence-electron chi connectivity index (χ3n) is 8.06. The Hall–Kier alpha value is -6.39. The predicted molar refractivity (Wildman–Crippen MR) is 192 cm³/mol. The molecule has 0 amide bonds. The van der Waals surface area contributed by atoms with E-state index < -0.39 is 59.9 Å². The van der Waals surface area contributed by atoms with Gasteiger partial charge in [-0.2, -0.15) is 0 Å². The number of nitrogens with zero attached hydrogens (tertiary/aromatic N) is 2. The van der Waals surface area contributed by atoms with Gasteiger partial charge in [0.1, 0.15) is 11.1 Å². The Labute approximate surface area is 284 Å². The van der Waals surface area contributed by atoms with Gasteiger partial charge in [-0.25, -0.2) is 4.98 Å². The van der Waals surface area contributed by atoms with Crippen LogP contribution in [-0.4, -0.2) is 4.98 Å². The lowest BCUT2D eigenvalue weighted by Gasteiger charge is -2.26. The van der Waals surface area contributed by atoms with Gasteiger partial charge in [0.25, 0.3) is 0 Å². The molecule has 0 saturated carbocycles. The summed E-state index contributed by atoms with van der Waals surface area (Å²) in [5, 5.41) is 1.45. The van der Waals surface area contributed by atoms with E-state index in [0.29, 0.717) is 50.5 Å². The first-order valence-electron chi connectivity index (χ1n) is 19.5. The molecule has 0 aliphatic carbocycles. The lowest BCUT2D eigenvalue weighted by Crippen LogP contribution is -2.10. The molecule has 0 spiro atoms. The molecule has 4 heteroatoms. The highest BCUT2D eigenvalue weighted by Crippen LogP contribution is 2.45. The van der Waals surface area contributed by atoms with Crippen LogP contribution in [0, 0.1) is 0 Å². The van der Waals surface area contributed by atoms with E-state index in [1.165, 1.54) is 0 Å². The van der Waals surface area contributed by atoms with Gasteiger partial charge < -0.3 is 13.7 Å². The molecule has 0 atom stereocenters. The summed E-state index contributed by atoms with van der Waals surface area (Å²) in [4.78, 5) is 6.36. The molecule has 7 aromatic carbocycles. The Balaban J connectivity index is 1.40. The highest BCUT2D eigenvalue weighted by molar-refractivity contribution is 6.12. The minimum absolute atomic E-state index is 0.170. The maximum atomic E-state index is 9.70. The van der Waals surface area contributed by atoms with E-state index in [0.717, 1.165) is 16.5 Å². The minimum Gasteiger partial charge on any atom is -0.454 e. The van der Waals surface area contributed by atoms with Crippen LogP contribution in [-0.2, 0) is 0 Å². The van der Waals surface area contributed by atoms with E-state index in [2.05, 4.69) is 0 Å². The lowest BCUT2D eigenvalue weighted by atomic mass is 10.0. The highest BCUT2D eigenvalue weighted by Gasteiger charge is 2.23. The minimum atomic E-state index is -0.647. The van der Waals surface area contributed by atoms with E-state index in [9.17, 15) is 2.74 Å². The zero-order valence-corrected chi connectivity index (χ0v) is 24.7. The van der Waals surface area contributed by atoms with Crippen molar-refractivity contribution in [3.8, 4) is 33.7 Å². The van der Waals surface area contributed by atoms with Crippen LogP contribution in [0.5, 0.6) is 0 Å². The van der Waals surface area contributed by atoms with Gasteiger partial charge in [-0.1, -0.05) is 115 Å². The number of oxazole rings is 1. The molecule has 0 saturated heterocycles. The van der Waals surface area contributed by atoms with E-state index in [1.807, 2.05) is 109 Å². The highest BCUT2D eigenvalue weighted by atomic mass is 16.3. The summed E-state index contributed by atoms with van der Waals surface area (Å²) < 4.78 is 92.2. The van der Waals surface area contributed by atoms with Crippen molar-refractivity contribution in [2.45, 2.75) is 0 Å². The summed E-state index contributed by atoms with van der Waals surface area (Å²) in [5.41, 5.74) is 4.40. The number of fused-ring (bicyclic) bond motifs is 4. The Kier molecular flexibility index (Phi) is 4.57. The summed E-state index contributed by atoms with van der Waals surface area (Å²) in [6.07, 6.45) is 0.